The van der Waals surface area contributed by atoms with Gasteiger partial charge in [-0.3, -0.25) is 9.59 Å². The van der Waals surface area contributed by atoms with Crippen LogP contribution >= 0.6 is 0 Å². The fourth-order valence-electron chi connectivity index (χ4n) is 5.39. The van der Waals surface area contributed by atoms with E-state index in [4.69, 9.17) is 0 Å². The molecule has 1 atom stereocenters. The molecular weight excluding hydrogens is 489 g/mol. The summed E-state index contributed by atoms with van der Waals surface area (Å²) in [6.45, 7) is 0. The standard InChI is InChI=1S/C31H23F3N2O2/c32-31(33,34)20-14-12-19-17-22(15-13-18(19)16-20)36-26-11-5-9-24-28(26)30(38)23-8-4-10-25(27(23)29(24)37)35-21-6-2-1-3-7-21/h1-11,13,15,17,20,35-36H,12,14,16H2. The number of carbonyl (C=O) groups is 2. The van der Waals surface area contributed by atoms with Gasteiger partial charge in [0.25, 0.3) is 0 Å². The molecule has 2 aliphatic rings. The lowest BCUT2D eigenvalue weighted by molar-refractivity contribution is -0.177. The average molecular weight is 513 g/mol. The minimum absolute atomic E-state index is 0.0248. The summed E-state index contributed by atoms with van der Waals surface area (Å²) < 4.78 is 39.6. The van der Waals surface area contributed by atoms with E-state index in [-0.39, 0.29) is 30.0 Å². The number of benzene rings is 4. The number of fused-ring (bicyclic) bond motifs is 3. The molecule has 0 radical (unpaired) electrons. The first kappa shape index (κ1) is 24.0. The molecule has 0 saturated heterocycles. The zero-order chi connectivity index (χ0) is 26.4. The lowest BCUT2D eigenvalue weighted by Gasteiger charge is -2.27. The maximum atomic E-state index is 13.7. The Balaban J connectivity index is 1.32. The van der Waals surface area contributed by atoms with E-state index >= 15 is 0 Å². The summed E-state index contributed by atoms with van der Waals surface area (Å²) in [6, 6.07) is 25.0. The number of halogens is 3. The predicted octanol–water partition coefficient (Wildman–Crippen LogP) is 7.62. The fraction of sp³-hybridized carbons (Fsp3) is 0.161. The molecule has 4 aromatic carbocycles. The van der Waals surface area contributed by atoms with E-state index in [1.165, 1.54) is 0 Å². The number of nitrogens with one attached hydrogen (secondary N) is 2. The molecule has 4 nitrogen and oxygen atoms in total. The minimum Gasteiger partial charge on any atom is -0.355 e. The van der Waals surface area contributed by atoms with E-state index in [2.05, 4.69) is 10.6 Å². The molecule has 0 heterocycles. The summed E-state index contributed by atoms with van der Waals surface area (Å²) in [5, 5.41) is 6.50. The Bertz CT molecular complexity index is 1580. The van der Waals surface area contributed by atoms with Gasteiger partial charge in [0.05, 0.1) is 28.4 Å². The van der Waals surface area contributed by atoms with Crippen LogP contribution in [0, 0.1) is 5.92 Å². The molecule has 190 valence electrons. The van der Waals surface area contributed by atoms with Crippen molar-refractivity contribution in [2.75, 3.05) is 10.6 Å². The van der Waals surface area contributed by atoms with Gasteiger partial charge in [-0.05, 0) is 66.8 Å². The van der Waals surface area contributed by atoms with Gasteiger partial charge < -0.3 is 10.6 Å². The van der Waals surface area contributed by atoms with Gasteiger partial charge in [0.1, 0.15) is 0 Å². The monoisotopic (exact) mass is 512 g/mol. The second-order valence-electron chi connectivity index (χ2n) is 9.70. The van der Waals surface area contributed by atoms with Crippen molar-refractivity contribution in [1.82, 2.24) is 0 Å². The van der Waals surface area contributed by atoms with Gasteiger partial charge in [-0.25, -0.2) is 0 Å². The smallest absolute Gasteiger partial charge is 0.355 e. The molecule has 0 amide bonds. The van der Waals surface area contributed by atoms with Crippen LogP contribution in [0.15, 0.2) is 84.9 Å². The summed E-state index contributed by atoms with van der Waals surface area (Å²) in [7, 11) is 0. The maximum absolute atomic E-state index is 13.7. The van der Waals surface area contributed by atoms with Crippen LogP contribution in [0.25, 0.3) is 0 Å². The van der Waals surface area contributed by atoms with Crippen LogP contribution in [0.1, 0.15) is 49.4 Å². The average Bonchev–Trinajstić information content (AvgIpc) is 2.91. The van der Waals surface area contributed by atoms with Crippen LogP contribution in [0.4, 0.5) is 35.9 Å². The molecule has 0 fully saturated rings. The van der Waals surface area contributed by atoms with Crippen LogP contribution in [0.3, 0.4) is 0 Å². The number of aryl methyl sites for hydroxylation is 1. The largest absolute Gasteiger partial charge is 0.392 e. The van der Waals surface area contributed by atoms with E-state index in [1.807, 2.05) is 36.4 Å². The lowest BCUT2D eigenvalue weighted by Crippen LogP contribution is -2.28. The summed E-state index contributed by atoms with van der Waals surface area (Å²) in [5.74, 6) is -1.83. The Labute approximate surface area is 217 Å². The van der Waals surface area contributed by atoms with Gasteiger partial charge >= 0.3 is 6.18 Å². The van der Waals surface area contributed by atoms with Crippen molar-refractivity contribution in [3.05, 3.63) is 118 Å². The number of anilines is 4. The van der Waals surface area contributed by atoms with Gasteiger partial charge in [-0.2, -0.15) is 13.2 Å². The van der Waals surface area contributed by atoms with Crippen LogP contribution in [-0.4, -0.2) is 17.7 Å². The second-order valence-corrected chi connectivity index (χ2v) is 9.70. The summed E-state index contributed by atoms with van der Waals surface area (Å²) >= 11 is 0. The van der Waals surface area contributed by atoms with Crippen molar-refractivity contribution in [1.29, 1.82) is 0 Å². The molecular formula is C31H23F3N2O2. The third-order valence-corrected chi connectivity index (χ3v) is 7.30. The Morgan fingerprint density at radius 2 is 1.26 bits per heavy atom. The summed E-state index contributed by atoms with van der Waals surface area (Å²) in [6.07, 6.45) is -3.83. The number of hydrogen-bond acceptors (Lipinski definition) is 4. The molecule has 4 aromatic rings. The van der Waals surface area contributed by atoms with Crippen LogP contribution < -0.4 is 10.6 Å². The van der Waals surface area contributed by atoms with E-state index in [1.54, 1.807) is 48.5 Å². The molecule has 0 aromatic heterocycles. The van der Waals surface area contributed by atoms with Crippen LogP contribution in [0.5, 0.6) is 0 Å². The number of hydrogen-bond donors (Lipinski definition) is 2. The number of carbonyl (C=O) groups excluding carboxylic acids is 2. The highest BCUT2D eigenvalue weighted by atomic mass is 19.4. The minimum atomic E-state index is -4.20. The topological polar surface area (TPSA) is 58.2 Å². The van der Waals surface area contributed by atoms with E-state index in [0.717, 1.165) is 11.3 Å². The molecule has 7 heteroatoms. The van der Waals surface area contributed by atoms with E-state index in [0.29, 0.717) is 45.7 Å². The maximum Gasteiger partial charge on any atom is 0.392 e. The van der Waals surface area contributed by atoms with Gasteiger partial charge in [0.2, 0.25) is 0 Å². The highest BCUT2D eigenvalue weighted by Gasteiger charge is 2.41. The zero-order valence-electron chi connectivity index (χ0n) is 20.2. The highest BCUT2D eigenvalue weighted by molar-refractivity contribution is 6.32. The molecule has 0 bridgehead atoms. The molecule has 2 aliphatic carbocycles. The second kappa shape index (κ2) is 9.17. The molecule has 6 rings (SSSR count). The Hall–Kier alpha value is -4.39. The van der Waals surface area contributed by atoms with Crippen LogP contribution in [0.2, 0.25) is 0 Å². The first-order valence-electron chi connectivity index (χ1n) is 12.4. The van der Waals surface area contributed by atoms with Crippen molar-refractivity contribution >= 4 is 34.3 Å². The summed E-state index contributed by atoms with van der Waals surface area (Å²) in [5.41, 5.74) is 5.31. The van der Waals surface area contributed by atoms with Crippen molar-refractivity contribution < 1.29 is 22.8 Å². The Kier molecular flexibility index (Phi) is 5.79. The first-order chi connectivity index (χ1) is 18.3. The number of rotatable bonds is 4. The number of alkyl halides is 3. The molecule has 0 saturated carbocycles. The molecule has 1 unspecified atom stereocenters. The van der Waals surface area contributed by atoms with Crippen molar-refractivity contribution in [3.63, 3.8) is 0 Å². The lowest BCUT2D eigenvalue weighted by atomic mass is 9.82. The number of ketones is 2. The molecule has 38 heavy (non-hydrogen) atoms. The van der Waals surface area contributed by atoms with Crippen molar-refractivity contribution in [2.24, 2.45) is 5.92 Å². The Morgan fingerprint density at radius 3 is 1.87 bits per heavy atom. The van der Waals surface area contributed by atoms with Gasteiger partial charge in [-0.15, -0.1) is 0 Å². The highest BCUT2D eigenvalue weighted by Crippen LogP contribution is 2.40. The van der Waals surface area contributed by atoms with E-state index in [9.17, 15) is 22.8 Å². The molecule has 0 spiro atoms. The molecule has 0 aliphatic heterocycles. The van der Waals surface area contributed by atoms with Gasteiger partial charge in [-0.1, -0.05) is 48.5 Å². The first-order valence-corrected chi connectivity index (χ1v) is 12.4. The zero-order valence-corrected chi connectivity index (χ0v) is 20.2. The molecule has 2 N–H and O–H groups in total. The fourth-order valence-corrected chi connectivity index (χ4v) is 5.39. The van der Waals surface area contributed by atoms with Crippen molar-refractivity contribution in [3.8, 4) is 0 Å². The summed E-state index contributed by atoms with van der Waals surface area (Å²) in [4.78, 5) is 27.4. The van der Waals surface area contributed by atoms with Crippen molar-refractivity contribution in [2.45, 2.75) is 25.4 Å². The van der Waals surface area contributed by atoms with Crippen LogP contribution in [-0.2, 0) is 12.8 Å². The normalized spacial score (nSPS) is 16.3. The predicted molar refractivity (Wildman–Crippen MR) is 141 cm³/mol. The quantitative estimate of drug-likeness (QED) is 0.260. The third-order valence-electron chi connectivity index (χ3n) is 7.30. The van der Waals surface area contributed by atoms with Gasteiger partial charge in [0, 0.05) is 22.5 Å². The van der Waals surface area contributed by atoms with Gasteiger partial charge in [0.15, 0.2) is 11.6 Å². The third kappa shape index (κ3) is 4.24. The van der Waals surface area contributed by atoms with E-state index < -0.39 is 12.1 Å². The SMILES string of the molecule is O=C1c2cccc(Nc3ccc4c(c3)CCC(C(F)(F)F)C4)c2C(=O)c2cccc(Nc3ccccc3)c21. The number of para-hydroxylation sites is 1. The Morgan fingerprint density at radius 1 is 0.658 bits per heavy atom.